The van der Waals surface area contributed by atoms with E-state index in [4.69, 9.17) is 9.47 Å². The van der Waals surface area contributed by atoms with Crippen molar-refractivity contribution < 1.29 is 14.6 Å². The third kappa shape index (κ3) is 6.50. The van der Waals surface area contributed by atoms with Crippen LogP contribution < -0.4 is 0 Å². The quantitative estimate of drug-likeness (QED) is 0.435. The number of aliphatic hydroxyl groups is 1. The Balaban J connectivity index is 2.05. The van der Waals surface area contributed by atoms with Crippen LogP contribution in [0.5, 0.6) is 0 Å². The van der Waals surface area contributed by atoms with Crippen molar-refractivity contribution in [3.8, 4) is 0 Å². The van der Waals surface area contributed by atoms with E-state index in [1.807, 2.05) is 6.08 Å². The summed E-state index contributed by atoms with van der Waals surface area (Å²) < 4.78 is 11.5. The Labute approximate surface area is 130 Å². The Morgan fingerprint density at radius 3 is 2.24 bits per heavy atom. The predicted molar refractivity (Wildman–Crippen MR) is 87.5 cm³/mol. The van der Waals surface area contributed by atoms with Gasteiger partial charge in [-0.1, -0.05) is 51.5 Å². The van der Waals surface area contributed by atoms with Gasteiger partial charge in [0.1, 0.15) is 0 Å². The Hall–Kier alpha value is -0.380. The molecule has 0 aliphatic carbocycles. The maximum Gasteiger partial charge on any atom is 0.0884 e. The van der Waals surface area contributed by atoms with Crippen LogP contribution in [0.4, 0.5) is 0 Å². The molecule has 21 heavy (non-hydrogen) atoms. The molecule has 1 fully saturated rings. The molecule has 1 aliphatic rings. The third-order valence-electron chi connectivity index (χ3n) is 4.67. The normalized spacial score (nSPS) is 28.9. The average Bonchev–Trinajstić information content (AvgIpc) is 2.80. The maximum absolute atomic E-state index is 9.31. The Kier molecular flexibility index (Phi) is 9.98. The minimum absolute atomic E-state index is 0.0511. The number of hydrogen-bond acceptors (Lipinski definition) is 3. The van der Waals surface area contributed by atoms with Crippen LogP contribution in [-0.2, 0) is 9.47 Å². The summed E-state index contributed by atoms with van der Waals surface area (Å²) in [6, 6.07) is 0. The predicted octanol–water partition coefficient (Wildman–Crippen LogP) is 4.09. The first-order chi connectivity index (χ1) is 10.2. The van der Waals surface area contributed by atoms with Crippen molar-refractivity contribution in [1.29, 1.82) is 0 Å². The summed E-state index contributed by atoms with van der Waals surface area (Å²) >= 11 is 0. The van der Waals surface area contributed by atoms with Gasteiger partial charge in [0, 0.05) is 13.0 Å². The zero-order valence-electron chi connectivity index (χ0n) is 13.9. The van der Waals surface area contributed by atoms with Gasteiger partial charge >= 0.3 is 0 Å². The van der Waals surface area contributed by atoms with Crippen LogP contribution in [0.15, 0.2) is 12.7 Å². The number of hydrogen-bond donors (Lipinski definition) is 1. The first-order valence-corrected chi connectivity index (χ1v) is 8.64. The second-order valence-electron chi connectivity index (χ2n) is 6.30. The number of aliphatic hydroxyl groups excluding tert-OH is 1. The van der Waals surface area contributed by atoms with Gasteiger partial charge in [-0.2, -0.15) is 0 Å². The van der Waals surface area contributed by atoms with Crippen molar-refractivity contribution in [2.24, 2.45) is 5.92 Å². The van der Waals surface area contributed by atoms with Crippen LogP contribution in [0, 0.1) is 5.92 Å². The second-order valence-corrected chi connectivity index (χ2v) is 6.30. The van der Waals surface area contributed by atoms with Crippen LogP contribution >= 0.6 is 0 Å². The number of allylic oxidation sites excluding steroid dienone is 1. The van der Waals surface area contributed by atoms with E-state index in [0.29, 0.717) is 0 Å². The molecule has 0 aromatic heterocycles. The molecule has 1 heterocycles. The summed E-state index contributed by atoms with van der Waals surface area (Å²) in [7, 11) is 1.75. The molecule has 0 radical (unpaired) electrons. The van der Waals surface area contributed by atoms with Crippen molar-refractivity contribution in [2.75, 3.05) is 13.7 Å². The summed E-state index contributed by atoms with van der Waals surface area (Å²) in [5.74, 6) is 0.287. The van der Waals surface area contributed by atoms with E-state index in [0.717, 1.165) is 12.8 Å². The molecule has 0 aromatic carbocycles. The standard InChI is InChI=1S/C18H34O3/c1-4-5-6-7-8-9-10-11-12-13-16-18(20-3)15(2)17(14-19)21-16/h4,15-19H,1,5-14H2,2-3H3. The lowest BCUT2D eigenvalue weighted by Crippen LogP contribution is -2.28. The molecule has 0 amide bonds. The Morgan fingerprint density at radius 1 is 1.05 bits per heavy atom. The topological polar surface area (TPSA) is 38.7 Å². The molecule has 4 unspecified atom stereocenters. The molecule has 124 valence electrons. The van der Waals surface area contributed by atoms with Crippen LogP contribution in [0.2, 0.25) is 0 Å². The van der Waals surface area contributed by atoms with E-state index in [9.17, 15) is 5.11 Å². The largest absolute Gasteiger partial charge is 0.394 e. The molecular weight excluding hydrogens is 264 g/mol. The van der Waals surface area contributed by atoms with Crippen molar-refractivity contribution in [3.63, 3.8) is 0 Å². The van der Waals surface area contributed by atoms with Gasteiger partial charge in [0.15, 0.2) is 0 Å². The fraction of sp³-hybridized carbons (Fsp3) is 0.889. The van der Waals surface area contributed by atoms with E-state index in [-0.39, 0.29) is 30.8 Å². The van der Waals surface area contributed by atoms with E-state index in [1.165, 1.54) is 44.9 Å². The van der Waals surface area contributed by atoms with Gasteiger partial charge < -0.3 is 14.6 Å². The van der Waals surface area contributed by atoms with Crippen molar-refractivity contribution in [2.45, 2.75) is 83.0 Å². The lowest BCUT2D eigenvalue weighted by atomic mass is 9.95. The molecule has 0 spiro atoms. The third-order valence-corrected chi connectivity index (χ3v) is 4.67. The van der Waals surface area contributed by atoms with Crippen LogP contribution in [0.25, 0.3) is 0 Å². The smallest absolute Gasteiger partial charge is 0.0884 e. The summed E-state index contributed by atoms with van der Waals surface area (Å²) in [4.78, 5) is 0. The molecule has 3 nitrogen and oxygen atoms in total. The number of ether oxygens (including phenoxy) is 2. The molecule has 4 atom stereocenters. The highest BCUT2D eigenvalue weighted by molar-refractivity contribution is 4.88. The second kappa shape index (κ2) is 11.2. The molecule has 0 bridgehead atoms. The van der Waals surface area contributed by atoms with Gasteiger partial charge in [0.05, 0.1) is 24.9 Å². The zero-order chi connectivity index (χ0) is 15.5. The molecule has 1 saturated heterocycles. The minimum Gasteiger partial charge on any atom is -0.394 e. The summed E-state index contributed by atoms with van der Waals surface area (Å²) in [5.41, 5.74) is 0. The van der Waals surface area contributed by atoms with Crippen LogP contribution in [0.1, 0.15) is 64.7 Å². The van der Waals surface area contributed by atoms with Gasteiger partial charge in [-0.15, -0.1) is 6.58 Å². The van der Waals surface area contributed by atoms with E-state index >= 15 is 0 Å². The molecule has 3 heteroatoms. The highest BCUT2D eigenvalue weighted by Crippen LogP contribution is 2.31. The Morgan fingerprint density at radius 2 is 1.67 bits per heavy atom. The van der Waals surface area contributed by atoms with Crippen LogP contribution in [-0.4, -0.2) is 37.1 Å². The van der Waals surface area contributed by atoms with E-state index in [1.54, 1.807) is 7.11 Å². The summed E-state index contributed by atoms with van der Waals surface area (Å²) in [6.07, 6.45) is 13.6. The Bertz CT molecular complexity index is 267. The highest BCUT2D eigenvalue weighted by atomic mass is 16.6. The first kappa shape index (κ1) is 18.7. The molecule has 1 rings (SSSR count). The van der Waals surface area contributed by atoms with Crippen molar-refractivity contribution >= 4 is 0 Å². The fourth-order valence-corrected chi connectivity index (χ4v) is 3.30. The molecule has 1 aliphatic heterocycles. The lowest BCUT2D eigenvalue weighted by molar-refractivity contribution is -0.0242. The van der Waals surface area contributed by atoms with Gasteiger partial charge in [0.2, 0.25) is 0 Å². The minimum atomic E-state index is -0.0511. The lowest BCUT2D eigenvalue weighted by Gasteiger charge is -2.19. The highest BCUT2D eigenvalue weighted by Gasteiger charge is 2.41. The van der Waals surface area contributed by atoms with Gasteiger partial charge in [0.25, 0.3) is 0 Å². The summed E-state index contributed by atoms with van der Waals surface area (Å²) in [5, 5.41) is 9.31. The maximum atomic E-state index is 9.31. The van der Waals surface area contributed by atoms with Crippen LogP contribution in [0.3, 0.4) is 0 Å². The SMILES string of the molecule is C=CCCCCCCCCCC1OC(CO)C(C)C1OC. The monoisotopic (exact) mass is 298 g/mol. The fourth-order valence-electron chi connectivity index (χ4n) is 3.30. The van der Waals surface area contributed by atoms with Crippen molar-refractivity contribution in [3.05, 3.63) is 12.7 Å². The summed E-state index contributed by atoms with van der Waals surface area (Å²) in [6.45, 7) is 5.96. The zero-order valence-corrected chi connectivity index (χ0v) is 13.9. The van der Waals surface area contributed by atoms with E-state index < -0.39 is 0 Å². The van der Waals surface area contributed by atoms with E-state index in [2.05, 4.69) is 13.5 Å². The van der Waals surface area contributed by atoms with Gasteiger partial charge in [-0.3, -0.25) is 0 Å². The molecule has 0 aromatic rings. The number of unbranched alkanes of at least 4 members (excludes halogenated alkanes) is 7. The van der Waals surface area contributed by atoms with Gasteiger partial charge in [-0.05, 0) is 19.3 Å². The number of methoxy groups -OCH3 is 1. The molecule has 0 saturated carbocycles. The molecule has 1 N–H and O–H groups in total. The number of rotatable bonds is 12. The average molecular weight is 298 g/mol. The first-order valence-electron chi connectivity index (χ1n) is 8.64. The molecular formula is C18H34O3. The van der Waals surface area contributed by atoms with Crippen molar-refractivity contribution in [1.82, 2.24) is 0 Å². The van der Waals surface area contributed by atoms with Gasteiger partial charge in [-0.25, -0.2) is 0 Å².